The van der Waals surface area contributed by atoms with Gasteiger partial charge in [-0.3, -0.25) is 19.3 Å². The number of benzene rings is 1. The maximum absolute atomic E-state index is 12.6. The summed E-state index contributed by atoms with van der Waals surface area (Å²) in [4.78, 5) is 27.9. The van der Waals surface area contributed by atoms with Crippen LogP contribution in [0.2, 0.25) is 0 Å². The van der Waals surface area contributed by atoms with Crippen molar-refractivity contribution >= 4 is 17.2 Å². The highest BCUT2D eigenvalue weighted by Gasteiger charge is 2.34. The molecule has 2 aromatic heterocycles. The van der Waals surface area contributed by atoms with Gasteiger partial charge in [-0.15, -0.1) is 0 Å². The van der Waals surface area contributed by atoms with Gasteiger partial charge in [-0.05, 0) is 41.5 Å². The Bertz CT molecular complexity index is 1100. The SMILES string of the molecule is CC1(C)CC[C@@H](Nc2nc3ccccn3c(=O)c2[N+](=O)[O-])c2ccccc21. The summed E-state index contributed by atoms with van der Waals surface area (Å²) in [6, 6.07) is 13.0. The van der Waals surface area contributed by atoms with E-state index in [9.17, 15) is 14.9 Å². The molecule has 0 amide bonds. The molecule has 0 fully saturated rings. The Morgan fingerprint density at radius 3 is 2.74 bits per heavy atom. The minimum atomic E-state index is -0.683. The summed E-state index contributed by atoms with van der Waals surface area (Å²) >= 11 is 0. The molecule has 7 heteroatoms. The van der Waals surface area contributed by atoms with Gasteiger partial charge in [-0.1, -0.05) is 44.2 Å². The minimum absolute atomic E-state index is 0.0238. The molecular weight excluding hydrogens is 344 g/mol. The summed E-state index contributed by atoms with van der Waals surface area (Å²) in [5.41, 5.74) is 1.52. The number of hydrogen-bond acceptors (Lipinski definition) is 5. The quantitative estimate of drug-likeness (QED) is 0.563. The number of anilines is 1. The van der Waals surface area contributed by atoms with Crippen LogP contribution in [0.4, 0.5) is 11.5 Å². The topological polar surface area (TPSA) is 89.5 Å². The molecular formula is C20H20N4O3. The fourth-order valence-electron chi connectivity index (χ4n) is 3.87. The van der Waals surface area contributed by atoms with E-state index in [1.54, 1.807) is 18.2 Å². The summed E-state index contributed by atoms with van der Waals surface area (Å²) in [5, 5.41) is 14.8. The third-order valence-electron chi connectivity index (χ3n) is 5.33. The first-order chi connectivity index (χ1) is 12.9. The average Bonchev–Trinajstić information content (AvgIpc) is 2.64. The van der Waals surface area contributed by atoms with Crippen LogP contribution in [0.3, 0.4) is 0 Å². The number of nitrogens with one attached hydrogen (secondary N) is 1. The van der Waals surface area contributed by atoms with Crippen molar-refractivity contribution in [3.63, 3.8) is 0 Å². The van der Waals surface area contributed by atoms with Crippen molar-refractivity contribution in [3.05, 3.63) is 80.3 Å². The molecule has 7 nitrogen and oxygen atoms in total. The molecule has 0 saturated heterocycles. The van der Waals surface area contributed by atoms with Crippen molar-refractivity contribution in [2.75, 3.05) is 5.32 Å². The fourth-order valence-corrected chi connectivity index (χ4v) is 3.87. The van der Waals surface area contributed by atoms with Crippen LogP contribution in [0.1, 0.15) is 43.9 Å². The maximum atomic E-state index is 12.6. The standard InChI is InChI=1S/C20H20N4O3/c1-20(2)11-10-15(13-7-3-4-8-14(13)20)21-18-17(24(26)27)19(25)23-12-6-5-9-16(23)22-18/h3-9,12,15,21H,10-11H2,1-2H3/t15-/m1/s1. The third kappa shape index (κ3) is 2.85. The van der Waals surface area contributed by atoms with E-state index in [-0.39, 0.29) is 17.3 Å². The molecule has 2 heterocycles. The molecule has 1 N–H and O–H groups in total. The van der Waals surface area contributed by atoms with Crippen LogP contribution in [0.25, 0.3) is 5.65 Å². The van der Waals surface area contributed by atoms with Crippen LogP contribution in [0.5, 0.6) is 0 Å². The molecule has 1 aliphatic carbocycles. The third-order valence-corrected chi connectivity index (χ3v) is 5.33. The Kier molecular flexibility index (Phi) is 3.95. The minimum Gasteiger partial charge on any atom is -0.357 e. The van der Waals surface area contributed by atoms with Crippen LogP contribution >= 0.6 is 0 Å². The number of fused-ring (bicyclic) bond motifs is 2. The lowest BCUT2D eigenvalue weighted by atomic mass is 9.71. The number of aromatic nitrogens is 2. The highest BCUT2D eigenvalue weighted by Crippen LogP contribution is 2.42. The zero-order valence-electron chi connectivity index (χ0n) is 15.2. The molecule has 0 radical (unpaired) electrons. The molecule has 1 aromatic carbocycles. The Labute approximate surface area is 155 Å². The first-order valence-corrected chi connectivity index (χ1v) is 8.90. The van der Waals surface area contributed by atoms with E-state index in [1.807, 2.05) is 18.2 Å². The van der Waals surface area contributed by atoms with Crippen LogP contribution in [-0.2, 0) is 5.41 Å². The number of nitrogens with zero attached hydrogens (tertiary/aromatic N) is 3. The Morgan fingerprint density at radius 2 is 1.96 bits per heavy atom. The molecule has 3 aromatic rings. The number of rotatable bonds is 3. The highest BCUT2D eigenvalue weighted by atomic mass is 16.6. The van der Waals surface area contributed by atoms with Crippen molar-refractivity contribution in [1.29, 1.82) is 0 Å². The van der Waals surface area contributed by atoms with E-state index < -0.39 is 16.2 Å². The van der Waals surface area contributed by atoms with Gasteiger partial charge in [0.25, 0.3) is 0 Å². The Balaban J connectivity index is 1.84. The molecule has 138 valence electrons. The Morgan fingerprint density at radius 1 is 1.22 bits per heavy atom. The number of hydrogen-bond donors (Lipinski definition) is 1. The average molecular weight is 364 g/mol. The largest absolute Gasteiger partial charge is 0.376 e. The maximum Gasteiger partial charge on any atom is 0.376 e. The van der Waals surface area contributed by atoms with Gasteiger partial charge < -0.3 is 5.32 Å². The highest BCUT2D eigenvalue weighted by molar-refractivity contribution is 5.61. The fraction of sp³-hybridized carbons (Fsp3) is 0.300. The van der Waals surface area contributed by atoms with E-state index in [0.29, 0.717) is 5.65 Å². The van der Waals surface area contributed by atoms with Gasteiger partial charge in [0.05, 0.1) is 11.0 Å². The van der Waals surface area contributed by atoms with Gasteiger partial charge in [0.2, 0.25) is 5.82 Å². The zero-order valence-corrected chi connectivity index (χ0v) is 15.2. The first kappa shape index (κ1) is 17.2. The van der Waals surface area contributed by atoms with Gasteiger partial charge in [0.1, 0.15) is 5.65 Å². The lowest BCUT2D eigenvalue weighted by Crippen LogP contribution is -2.30. The van der Waals surface area contributed by atoms with E-state index in [0.717, 1.165) is 18.4 Å². The van der Waals surface area contributed by atoms with Crippen LogP contribution in [-0.4, -0.2) is 14.3 Å². The van der Waals surface area contributed by atoms with E-state index in [2.05, 4.69) is 30.2 Å². The van der Waals surface area contributed by atoms with Crippen LogP contribution in [0.15, 0.2) is 53.5 Å². The summed E-state index contributed by atoms with van der Waals surface area (Å²) in [5.74, 6) is 0.0238. The van der Waals surface area contributed by atoms with Gasteiger partial charge in [0.15, 0.2) is 0 Å². The molecule has 0 unspecified atom stereocenters. The number of pyridine rings is 1. The molecule has 0 saturated carbocycles. The van der Waals surface area contributed by atoms with E-state index >= 15 is 0 Å². The second-order valence-corrected chi connectivity index (χ2v) is 7.51. The zero-order chi connectivity index (χ0) is 19.2. The molecule has 1 atom stereocenters. The van der Waals surface area contributed by atoms with Crippen LogP contribution < -0.4 is 10.9 Å². The molecule has 27 heavy (non-hydrogen) atoms. The first-order valence-electron chi connectivity index (χ1n) is 8.90. The van der Waals surface area contributed by atoms with Crippen LogP contribution in [0, 0.1) is 10.1 Å². The van der Waals surface area contributed by atoms with Gasteiger partial charge >= 0.3 is 11.2 Å². The summed E-state index contributed by atoms with van der Waals surface area (Å²) in [7, 11) is 0. The number of nitro groups is 1. The predicted molar refractivity (Wildman–Crippen MR) is 103 cm³/mol. The van der Waals surface area contributed by atoms with Crippen molar-refractivity contribution < 1.29 is 4.92 Å². The lowest BCUT2D eigenvalue weighted by Gasteiger charge is -2.37. The van der Waals surface area contributed by atoms with Crippen molar-refractivity contribution in [2.45, 2.75) is 38.1 Å². The second kappa shape index (κ2) is 6.19. The van der Waals surface area contributed by atoms with E-state index in [1.165, 1.54) is 16.2 Å². The molecule has 4 rings (SSSR count). The lowest BCUT2D eigenvalue weighted by molar-refractivity contribution is -0.385. The summed E-state index contributed by atoms with van der Waals surface area (Å²) in [6.07, 6.45) is 3.22. The van der Waals surface area contributed by atoms with E-state index in [4.69, 9.17) is 0 Å². The monoisotopic (exact) mass is 364 g/mol. The summed E-state index contributed by atoms with van der Waals surface area (Å²) < 4.78 is 1.20. The van der Waals surface area contributed by atoms with Crippen molar-refractivity contribution in [1.82, 2.24) is 9.38 Å². The van der Waals surface area contributed by atoms with Gasteiger partial charge in [-0.2, -0.15) is 0 Å². The second-order valence-electron chi connectivity index (χ2n) is 7.51. The normalized spacial score (nSPS) is 18.1. The van der Waals surface area contributed by atoms with Crippen molar-refractivity contribution in [3.8, 4) is 0 Å². The van der Waals surface area contributed by atoms with Gasteiger partial charge in [0, 0.05) is 6.20 Å². The smallest absolute Gasteiger partial charge is 0.357 e. The molecule has 0 aliphatic heterocycles. The molecule has 0 spiro atoms. The molecule has 0 bridgehead atoms. The molecule has 1 aliphatic rings. The van der Waals surface area contributed by atoms with Crippen molar-refractivity contribution in [2.24, 2.45) is 0 Å². The summed E-state index contributed by atoms with van der Waals surface area (Å²) in [6.45, 7) is 4.40. The Hall–Kier alpha value is -3.22. The predicted octanol–water partition coefficient (Wildman–Crippen LogP) is 3.83. The van der Waals surface area contributed by atoms with Gasteiger partial charge in [-0.25, -0.2) is 4.98 Å².